The molecule has 0 aliphatic heterocycles. The summed E-state index contributed by atoms with van der Waals surface area (Å²) in [7, 11) is 0. The van der Waals surface area contributed by atoms with Crippen LogP contribution in [0.5, 0.6) is 0 Å². The Balaban J connectivity index is 2.60. The summed E-state index contributed by atoms with van der Waals surface area (Å²) in [5, 5.41) is 4.25. The number of benzene rings is 1. The molecule has 0 amide bonds. The third-order valence-corrected chi connectivity index (χ3v) is 3.17. The number of halogens is 1. The maximum atomic E-state index is 5.95. The number of thioether (sulfide) groups is 1. The van der Waals surface area contributed by atoms with E-state index in [9.17, 15) is 0 Å². The molecule has 0 aliphatic rings. The van der Waals surface area contributed by atoms with Crippen LogP contribution in [-0.4, -0.2) is 12.8 Å². The third kappa shape index (κ3) is 4.45. The minimum Gasteiger partial charge on any atom is -0.312 e. The molecule has 0 heterocycles. The van der Waals surface area contributed by atoms with Crippen molar-refractivity contribution in [3.63, 3.8) is 0 Å². The molecule has 0 atom stereocenters. The lowest BCUT2D eigenvalue weighted by Crippen LogP contribution is -2.19. The van der Waals surface area contributed by atoms with Crippen molar-refractivity contribution in [3.05, 3.63) is 28.8 Å². The molecule has 0 spiro atoms. The van der Waals surface area contributed by atoms with E-state index in [1.54, 1.807) is 11.8 Å². The van der Waals surface area contributed by atoms with Gasteiger partial charge in [-0.25, -0.2) is 0 Å². The van der Waals surface area contributed by atoms with E-state index in [0.29, 0.717) is 5.92 Å². The first kappa shape index (κ1) is 12.9. The topological polar surface area (TPSA) is 12.0 Å². The van der Waals surface area contributed by atoms with Gasteiger partial charge in [-0.3, -0.25) is 0 Å². The molecule has 1 nitrogen and oxygen atoms in total. The molecule has 0 fully saturated rings. The summed E-state index contributed by atoms with van der Waals surface area (Å²) >= 11 is 7.69. The standard InChI is InChI=1S/C12H18ClNS/c1-9(2)7-14-8-10-4-5-11(13)6-12(10)15-3/h4-6,9,14H,7-8H2,1-3H3. The van der Waals surface area contributed by atoms with Gasteiger partial charge in [0.1, 0.15) is 0 Å². The van der Waals surface area contributed by atoms with Crippen LogP contribution in [0.1, 0.15) is 19.4 Å². The molecule has 0 unspecified atom stereocenters. The van der Waals surface area contributed by atoms with Gasteiger partial charge in [-0.05, 0) is 36.4 Å². The quantitative estimate of drug-likeness (QED) is 0.790. The summed E-state index contributed by atoms with van der Waals surface area (Å²) in [6.45, 7) is 6.40. The molecule has 1 aromatic carbocycles. The van der Waals surface area contributed by atoms with E-state index in [1.165, 1.54) is 10.5 Å². The lowest BCUT2D eigenvalue weighted by Gasteiger charge is -2.10. The fourth-order valence-corrected chi connectivity index (χ4v) is 2.24. The highest BCUT2D eigenvalue weighted by Crippen LogP contribution is 2.24. The van der Waals surface area contributed by atoms with E-state index in [-0.39, 0.29) is 0 Å². The van der Waals surface area contributed by atoms with Gasteiger partial charge in [0.15, 0.2) is 0 Å². The van der Waals surface area contributed by atoms with Crippen molar-refractivity contribution in [2.24, 2.45) is 5.92 Å². The number of hydrogen-bond donors (Lipinski definition) is 1. The van der Waals surface area contributed by atoms with Crippen LogP contribution in [0.4, 0.5) is 0 Å². The fraction of sp³-hybridized carbons (Fsp3) is 0.500. The van der Waals surface area contributed by atoms with Crippen LogP contribution in [0.3, 0.4) is 0 Å². The average molecular weight is 244 g/mol. The zero-order valence-electron chi connectivity index (χ0n) is 9.51. The molecular weight excluding hydrogens is 226 g/mol. The summed E-state index contributed by atoms with van der Waals surface area (Å²) in [6, 6.07) is 6.08. The number of rotatable bonds is 5. The monoisotopic (exact) mass is 243 g/mol. The van der Waals surface area contributed by atoms with Crippen LogP contribution in [0, 0.1) is 5.92 Å². The van der Waals surface area contributed by atoms with E-state index < -0.39 is 0 Å². The highest BCUT2D eigenvalue weighted by molar-refractivity contribution is 7.98. The van der Waals surface area contributed by atoms with Crippen molar-refractivity contribution in [1.29, 1.82) is 0 Å². The number of hydrogen-bond acceptors (Lipinski definition) is 2. The summed E-state index contributed by atoms with van der Waals surface area (Å²) in [4.78, 5) is 1.26. The first-order chi connectivity index (χ1) is 7.13. The third-order valence-electron chi connectivity index (χ3n) is 2.12. The summed E-state index contributed by atoms with van der Waals surface area (Å²) < 4.78 is 0. The van der Waals surface area contributed by atoms with Crippen LogP contribution in [-0.2, 0) is 6.54 Å². The molecule has 0 aliphatic carbocycles. The first-order valence-electron chi connectivity index (χ1n) is 5.16. The molecule has 1 aromatic rings. The highest BCUT2D eigenvalue weighted by Gasteiger charge is 2.02. The van der Waals surface area contributed by atoms with Crippen molar-refractivity contribution < 1.29 is 0 Å². The summed E-state index contributed by atoms with van der Waals surface area (Å²) in [5.74, 6) is 0.690. The van der Waals surface area contributed by atoms with Crippen LogP contribution in [0.2, 0.25) is 5.02 Å². The maximum Gasteiger partial charge on any atom is 0.0417 e. The largest absolute Gasteiger partial charge is 0.312 e. The van der Waals surface area contributed by atoms with Crippen molar-refractivity contribution in [1.82, 2.24) is 5.32 Å². The predicted molar refractivity (Wildman–Crippen MR) is 69.8 cm³/mol. The van der Waals surface area contributed by atoms with Gasteiger partial charge in [-0.15, -0.1) is 11.8 Å². The van der Waals surface area contributed by atoms with E-state index in [4.69, 9.17) is 11.6 Å². The van der Waals surface area contributed by atoms with Crippen LogP contribution in [0.25, 0.3) is 0 Å². The minimum absolute atomic E-state index is 0.690. The maximum absolute atomic E-state index is 5.95. The molecule has 1 rings (SSSR count). The molecule has 0 radical (unpaired) electrons. The molecule has 0 saturated carbocycles. The second kappa shape index (κ2) is 6.41. The Hall–Kier alpha value is -0.180. The molecule has 0 bridgehead atoms. The normalized spacial score (nSPS) is 11.0. The lowest BCUT2D eigenvalue weighted by molar-refractivity contribution is 0.550. The van der Waals surface area contributed by atoms with E-state index in [2.05, 4.69) is 31.5 Å². The van der Waals surface area contributed by atoms with Crippen molar-refractivity contribution in [2.45, 2.75) is 25.3 Å². The number of nitrogens with one attached hydrogen (secondary N) is 1. The molecule has 84 valence electrons. The summed E-state index contributed by atoms with van der Waals surface area (Å²) in [6.07, 6.45) is 2.08. The Morgan fingerprint density at radius 2 is 2.13 bits per heavy atom. The molecule has 0 saturated heterocycles. The van der Waals surface area contributed by atoms with Crippen LogP contribution < -0.4 is 5.32 Å². The Labute approximate surface area is 102 Å². The highest BCUT2D eigenvalue weighted by atomic mass is 35.5. The van der Waals surface area contributed by atoms with Gasteiger partial charge < -0.3 is 5.32 Å². The van der Waals surface area contributed by atoms with Gasteiger partial charge in [0.05, 0.1) is 0 Å². The van der Waals surface area contributed by atoms with Crippen molar-refractivity contribution in [3.8, 4) is 0 Å². The zero-order valence-corrected chi connectivity index (χ0v) is 11.1. The predicted octanol–water partition coefficient (Wildman–Crippen LogP) is 3.81. The van der Waals surface area contributed by atoms with Crippen LogP contribution >= 0.6 is 23.4 Å². The van der Waals surface area contributed by atoms with E-state index in [0.717, 1.165) is 18.1 Å². The Morgan fingerprint density at radius 1 is 1.40 bits per heavy atom. The van der Waals surface area contributed by atoms with Crippen LogP contribution in [0.15, 0.2) is 23.1 Å². The average Bonchev–Trinajstić information content (AvgIpc) is 2.19. The van der Waals surface area contributed by atoms with Gasteiger partial charge in [0, 0.05) is 16.5 Å². The Kier molecular flexibility index (Phi) is 5.51. The van der Waals surface area contributed by atoms with Gasteiger partial charge in [0.2, 0.25) is 0 Å². The molecule has 3 heteroatoms. The molecule has 1 N–H and O–H groups in total. The van der Waals surface area contributed by atoms with Gasteiger partial charge in [0.25, 0.3) is 0 Å². The van der Waals surface area contributed by atoms with Gasteiger partial charge in [-0.1, -0.05) is 31.5 Å². The minimum atomic E-state index is 0.690. The van der Waals surface area contributed by atoms with Crippen molar-refractivity contribution >= 4 is 23.4 Å². The molecular formula is C12H18ClNS. The van der Waals surface area contributed by atoms with E-state index in [1.807, 2.05) is 12.1 Å². The molecule has 0 aromatic heterocycles. The lowest BCUT2D eigenvalue weighted by atomic mass is 10.2. The fourth-order valence-electron chi connectivity index (χ4n) is 1.36. The van der Waals surface area contributed by atoms with Gasteiger partial charge >= 0.3 is 0 Å². The second-order valence-corrected chi connectivity index (χ2v) is 5.27. The second-order valence-electron chi connectivity index (χ2n) is 3.98. The van der Waals surface area contributed by atoms with E-state index >= 15 is 0 Å². The zero-order chi connectivity index (χ0) is 11.3. The van der Waals surface area contributed by atoms with Gasteiger partial charge in [-0.2, -0.15) is 0 Å². The SMILES string of the molecule is CSc1cc(Cl)ccc1CNCC(C)C. The summed E-state index contributed by atoms with van der Waals surface area (Å²) in [5.41, 5.74) is 1.33. The van der Waals surface area contributed by atoms with Crippen molar-refractivity contribution in [2.75, 3.05) is 12.8 Å². The molecule has 15 heavy (non-hydrogen) atoms. The Morgan fingerprint density at radius 3 is 2.73 bits per heavy atom. The smallest absolute Gasteiger partial charge is 0.0417 e. The first-order valence-corrected chi connectivity index (χ1v) is 6.77. The Bertz CT molecular complexity index is 312.